The van der Waals surface area contributed by atoms with Crippen molar-refractivity contribution >= 4 is 17.9 Å². The monoisotopic (exact) mass is 1070 g/mol. The number of hydrogen-bond acceptors (Lipinski definition) is 6. The van der Waals surface area contributed by atoms with Crippen LogP contribution in [0, 0.1) is 0 Å². The molecule has 0 aliphatic rings. The van der Waals surface area contributed by atoms with Gasteiger partial charge in [0.2, 0.25) is 0 Å². The van der Waals surface area contributed by atoms with Crippen LogP contribution >= 0.6 is 0 Å². The Labute approximate surface area is 476 Å². The van der Waals surface area contributed by atoms with E-state index in [1.807, 2.05) is 0 Å². The number of unbranched alkanes of at least 4 members (excludes halogenated alkanes) is 29. The Morgan fingerprint density at radius 1 is 0.273 bits per heavy atom. The van der Waals surface area contributed by atoms with Gasteiger partial charge < -0.3 is 14.2 Å². The summed E-state index contributed by atoms with van der Waals surface area (Å²) < 4.78 is 16.9. The minimum Gasteiger partial charge on any atom is -0.462 e. The van der Waals surface area contributed by atoms with Crippen LogP contribution in [-0.4, -0.2) is 37.2 Å². The lowest BCUT2D eigenvalue weighted by molar-refractivity contribution is -0.167. The van der Waals surface area contributed by atoms with Crippen molar-refractivity contribution in [2.24, 2.45) is 0 Å². The van der Waals surface area contributed by atoms with E-state index in [-0.39, 0.29) is 37.5 Å². The molecule has 0 aliphatic heterocycles. The van der Waals surface area contributed by atoms with Crippen LogP contribution < -0.4 is 0 Å². The molecular formula is C71H120O6. The van der Waals surface area contributed by atoms with E-state index in [0.717, 1.165) is 116 Å². The molecule has 0 heterocycles. The molecule has 0 aromatic carbocycles. The molecule has 6 heteroatoms. The molecule has 440 valence electrons. The fraction of sp³-hybridized carbons (Fsp3) is 0.704. The van der Waals surface area contributed by atoms with Crippen LogP contribution in [0.1, 0.15) is 303 Å². The molecule has 0 N–H and O–H groups in total. The van der Waals surface area contributed by atoms with Crippen LogP contribution in [-0.2, 0) is 28.6 Å². The van der Waals surface area contributed by atoms with Gasteiger partial charge in [-0.1, -0.05) is 265 Å². The van der Waals surface area contributed by atoms with Crippen LogP contribution in [0.15, 0.2) is 109 Å². The molecule has 0 aliphatic carbocycles. The summed E-state index contributed by atoms with van der Waals surface area (Å²) in [6.07, 6.45) is 88.0. The van der Waals surface area contributed by atoms with E-state index in [2.05, 4.69) is 130 Å². The van der Waals surface area contributed by atoms with Crippen molar-refractivity contribution in [3.8, 4) is 0 Å². The van der Waals surface area contributed by atoms with E-state index in [0.29, 0.717) is 12.8 Å². The molecule has 0 amide bonds. The molecule has 0 bridgehead atoms. The molecule has 0 aromatic rings. The van der Waals surface area contributed by atoms with E-state index in [9.17, 15) is 14.4 Å². The lowest BCUT2D eigenvalue weighted by atomic mass is 10.0. The smallest absolute Gasteiger partial charge is 0.306 e. The molecule has 0 spiro atoms. The van der Waals surface area contributed by atoms with Crippen LogP contribution in [0.5, 0.6) is 0 Å². The van der Waals surface area contributed by atoms with Crippen molar-refractivity contribution < 1.29 is 28.6 Å². The van der Waals surface area contributed by atoms with E-state index in [1.165, 1.54) is 148 Å². The maximum absolute atomic E-state index is 12.9. The van der Waals surface area contributed by atoms with Crippen LogP contribution in [0.4, 0.5) is 0 Å². The lowest BCUT2D eigenvalue weighted by Crippen LogP contribution is -2.30. The number of hydrogen-bond donors (Lipinski definition) is 0. The molecule has 0 saturated heterocycles. The number of esters is 3. The second kappa shape index (κ2) is 64.6. The summed E-state index contributed by atoms with van der Waals surface area (Å²) in [6.45, 7) is 6.48. The fourth-order valence-corrected chi connectivity index (χ4v) is 8.88. The summed E-state index contributed by atoms with van der Waals surface area (Å²) in [4.78, 5) is 38.4. The van der Waals surface area contributed by atoms with Gasteiger partial charge in [0.15, 0.2) is 6.10 Å². The number of rotatable bonds is 58. The van der Waals surface area contributed by atoms with Gasteiger partial charge in [0.1, 0.15) is 13.2 Å². The first kappa shape index (κ1) is 73.1. The second-order valence-electron chi connectivity index (χ2n) is 21.3. The zero-order valence-electron chi connectivity index (χ0n) is 50.4. The summed E-state index contributed by atoms with van der Waals surface area (Å²) in [5.74, 6) is -0.930. The highest BCUT2D eigenvalue weighted by atomic mass is 16.6. The minimum atomic E-state index is -0.803. The molecule has 1 unspecified atom stereocenters. The molecule has 0 saturated carbocycles. The Balaban J connectivity index is 4.43. The fourth-order valence-electron chi connectivity index (χ4n) is 8.88. The second-order valence-corrected chi connectivity index (χ2v) is 21.3. The first-order valence-corrected chi connectivity index (χ1v) is 32.4. The normalized spacial score (nSPS) is 12.8. The van der Waals surface area contributed by atoms with Crippen molar-refractivity contribution in [2.75, 3.05) is 13.2 Å². The quantitative estimate of drug-likeness (QED) is 0.0261. The largest absolute Gasteiger partial charge is 0.462 e. The Morgan fingerprint density at radius 3 is 0.831 bits per heavy atom. The van der Waals surface area contributed by atoms with Gasteiger partial charge in [-0.2, -0.15) is 0 Å². The molecular weight excluding hydrogens is 949 g/mol. The highest BCUT2D eigenvalue weighted by Gasteiger charge is 2.19. The van der Waals surface area contributed by atoms with E-state index in [1.54, 1.807) is 0 Å². The Bertz CT molecular complexity index is 1560. The van der Waals surface area contributed by atoms with Crippen molar-refractivity contribution in [2.45, 2.75) is 309 Å². The van der Waals surface area contributed by atoms with Gasteiger partial charge in [0.05, 0.1) is 0 Å². The average molecular weight is 1070 g/mol. The van der Waals surface area contributed by atoms with Gasteiger partial charge in [-0.05, 0) is 128 Å². The first-order valence-electron chi connectivity index (χ1n) is 32.4. The Hall–Kier alpha value is -3.93. The minimum absolute atomic E-state index is 0.0957. The molecule has 0 aromatic heterocycles. The predicted molar refractivity (Wildman–Crippen MR) is 334 cm³/mol. The third-order valence-electron chi connectivity index (χ3n) is 13.7. The standard InChI is InChI=1S/C71H120O6/c1-4-7-10-13-16-19-22-25-28-31-33-34-35-36-38-40-43-46-49-52-55-58-61-64-70(73)76-67-68(66-75-69(72)63-60-57-54-51-48-45-42-39-30-27-24-21-18-15-12-9-6-3)77-71(74)65-62-59-56-53-50-47-44-41-37-32-29-26-23-20-17-14-11-8-5-2/h8,11,17-18,20-22,25-27,29-31,33,37,41,47,50,68H,4-7,9-10,12-16,19,23-24,28,32,34-36,38-40,42-46,48-49,51-67H2,1-3H3/b11-8-,20-17-,21-18-,25-22-,29-26-,30-27-,33-31-,41-37-,50-47-. The maximum atomic E-state index is 12.9. The van der Waals surface area contributed by atoms with Crippen molar-refractivity contribution in [3.63, 3.8) is 0 Å². The van der Waals surface area contributed by atoms with Crippen molar-refractivity contribution in [3.05, 3.63) is 109 Å². The first-order chi connectivity index (χ1) is 38.0. The number of allylic oxidation sites excluding steroid dienone is 18. The maximum Gasteiger partial charge on any atom is 0.306 e. The van der Waals surface area contributed by atoms with Crippen molar-refractivity contribution in [1.82, 2.24) is 0 Å². The van der Waals surface area contributed by atoms with Gasteiger partial charge in [-0.25, -0.2) is 0 Å². The molecule has 1 atom stereocenters. The van der Waals surface area contributed by atoms with Gasteiger partial charge in [-0.15, -0.1) is 0 Å². The summed E-state index contributed by atoms with van der Waals surface area (Å²) >= 11 is 0. The third-order valence-corrected chi connectivity index (χ3v) is 13.7. The average Bonchev–Trinajstić information content (AvgIpc) is 3.43. The highest BCUT2D eigenvalue weighted by Crippen LogP contribution is 2.15. The van der Waals surface area contributed by atoms with Gasteiger partial charge >= 0.3 is 17.9 Å². The number of carbonyl (C=O) groups is 3. The predicted octanol–water partition coefficient (Wildman–Crippen LogP) is 22.2. The highest BCUT2D eigenvalue weighted by molar-refractivity contribution is 5.71. The SMILES string of the molecule is CC/C=C\C/C=C\C/C=C\C/C=C\C/C=C\CCCCCC(=O)OC(COC(=O)CCCCCCCCC/C=C\C/C=C\CCCCC)COC(=O)CCCCCCCCCCCCC/C=C\C/C=C\CCCCCCC. The Morgan fingerprint density at radius 2 is 0.506 bits per heavy atom. The van der Waals surface area contributed by atoms with Gasteiger partial charge in [0.25, 0.3) is 0 Å². The van der Waals surface area contributed by atoms with Crippen LogP contribution in [0.3, 0.4) is 0 Å². The zero-order valence-corrected chi connectivity index (χ0v) is 50.4. The van der Waals surface area contributed by atoms with Crippen molar-refractivity contribution in [1.29, 1.82) is 0 Å². The topological polar surface area (TPSA) is 78.9 Å². The zero-order chi connectivity index (χ0) is 55.7. The van der Waals surface area contributed by atoms with E-state index >= 15 is 0 Å². The van der Waals surface area contributed by atoms with Gasteiger partial charge in [0, 0.05) is 19.3 Å². The summed E-state index contributed by atoms with van der Waals surface area (Å²) in [6, 6.07) is 0. The third kappa shape index (κ3) is 62.8. The van der Waals surface area contributed by atoms with E-state index < -0.39 is 6.10 Å². The van der Waals surface area contributed by atoms with Crippen LogP contribution in [0.2, 0.25) is 0 Å². The van der Waals surface area contributed by atoms with Gasteiger partial charge in [-0.3, -0.25) is 14.4 Å². The molecule has 77 heavy (non-hydrogen) atoms. The van der Waals surface area contributed by atoms with E-state index in [4.69, 9.17) is 14.2 Å². The molecule has 0 radical (unpaired) electrons. The molecule has 0 fully saturated rings. The lowest BCUT2D eigenvalue weighted by Gasteiger charge is -2.18. The summed E-state index contributed by atoms with van der Waals surface area (Å²) in [7, 11) is 0. The molecule has 6 nitrogen and oxygen atoms in total. The number of carbonyl (C=O) groups excluding carboxylic acids is 3. The number of ether oxygens (including phenoxy) is 3. The summed E-state index contributed by atoms with van der Waals surface area (Å²) in [5, 5.41) is 0. The Kier molecular flexibility index (Phi) is 61.3. The molecule has 0 rings (SSSR count). The van der Waals surface area contributed by atoms with Crippen LogP contribution in [0.25, 0.3) is 0 Å². The summed E-state index contributed by atoms with van der Waals surface area (Å²) in [5.41, 5.74) is 0.